The van der Waals surface area contributed by atoms with E-state index in [1.165, 1.54) is 18.1 Å². The number of likely N-dealkylation sites (tertiary alicyclic amines) is 1. The molecule has 3 atom stereocenters. The van der Waals surface area contributed by atoms with Crippen LogP contribution < -0.4 is 10.6 Å². The number of urea groups is 1. The third-order valence-electron chi connectivity index (χ3n) is 7.86. The highest BCUT2D eigenvalue weighted by atomic mass is 19.2. The number of carbonyl (C=O) groups excluding carboxylic acids is 2. The van der Waals surface area contributed by atoms with Crippen molar-refractivity contribution in [2.24, 2.45) is 7.05 Å². The number of ether oxygens (including phenoxy) is 1. The maximum absolute atomic E-state index is 14.3. The minimum absolute atomic E-state index is 0.132. The Balaban J connectivity index is 1.45. The topological polar surface area (TPSA) is 110 Å². The van der Waals surface area contributed by atoms with Gasteiger partial charge in [-0.15, -0.1) is 0 Å². The van der Waals surface area contributed by atoms with E-state index in [9.17, 15) is 18.4 Å². The van der Waals surface area contributed by atoms with E-state index in [1.54, 1.807) is 29.7 Å². The molecule has 44 heavy (non-hydrogen) atoms. The fraction of sp³-hybridized carbons (Fsp3) is 0.355. The molecule has 0 radical (unpaired) electrons. The molecular formula is C31H36F2N8O3. The SMILES string of the molecule is COCC(C(=O)N(C)C)N1C[C@@H](NC(=O)Nc2c(C)c(-c3cnn(C)c3)nn2-c2ccccc2)[C@H](c2ccc(F)c(F)c2)C1. The van der Waals surface area contributed by atoms with Gasteiger partial charge in [-0.25, -0.2) is 18.3 Å². The van der Waals surface area contributed by atoms with Crippen LogP contribution in [0, 0.1) is 18.6 Å². The van der Waals surface area contributed by atoms with E-state index in [-0.39, 0.29) is 19.1 Å². The summed E-state index contributed by atoms with van der Waals surface area (Å²) in [6, 6.07) is 11.5. The van der Waals surface area contributed by atoms with Gasteiger partial charge >= 0.3 is 6.03 Å². The summed E-state index contributed by atoms with van der Waals surface area (Å²) in [4.78, 5) is 30.1. The lowest BCUT2D eigenvalue weighted by Crippen LogP contribution is -2.49. The van der Waals surface area contributed by atoms with Gasteiger partial charge in [-0.1, -0.05) is 24.3 Å². The summed E-state index contributed by atoms with van der Waals surface area (Å²) >= 11 is 0. The van der Waals surface area contributed by atoms with Crippen LogP contribution in [-0.2, 0) is 16.6 Å². The van der Waals surface area contributed by atoms with Crippen LogP contribution in [0.2, 0.25) is 0 Å². The highest BCUT2D eigenvalue weighted by Gasteiger charge is 2.41. The normalized spacial score (nSPS) is 17.4. The standard InChI is InChI=1S/C31H36F2N8O3/c1-19-28(21-14-34-39(4)15-21)37-41(22-9-7-6-8-10-22)29(19)36-31(43)35-26-17-40(27(18-44-5)30(42)38(2)3)16-23(26)20-11-12-24(32)25(33)13-20/h6-15,23,26-27H,16-18H2,1-5H3,(H2,35,36,43)/t23-,26+,27?/m0/s1. The molecule has 5 rings (SSSR count). The Morgan fingerprint density at radius 3 is 2.50 bits per heavy atom. The van der Waals surface area contributed by atoms with Gasteiger partial charge in [0.1, 0.15) is 17.6 Å². The van der Waals surface area contributed by atoms with Crippen molar-refractivity contribution in [3.05, 3.63) is 83.7 Å². The van der Waals surface area contributed by atoms with Crippen LogP contribution in [0.4, 0.5) is 19.4 Å². The molecule has 0 saturated carbocycles. The van der Waals surface area contributed by atoms with Crippen LogP contribution in [-0.4, -0.2) is 94.3 Å². The molecule has 4 aromatic rings. The van der Waals surface area contributed by atoms with E-state index >= 15 is 0 Å². The Hall–Kier alpha value is -4.62. The van der Waals surface area contributed by atoms with Crippen LogP contribution >= 0.6 is 0 Å². The molecule has 0 bridgehead atoms. The number of hydrogen-bond acceptors (Lipinski definition) is 6. The van der Waals surface area contributed by atoms with E-state index in [2.05, 4.69) is 15.7 Å². The highest BCUT2D eigenvalue weighted by molar-refractivity contribution is 5.91. The molecule has 1 aliphatic rings. The van der Waals surface area contributed by atoms with Crippen LogP contribution in [0.25, 0.3) is 16.9 Å². The molecular weight excluding hydrogens is 570 g/mol. The zero-order valence-electron chi connectivity index (χ0n) is 25.3. The summed E-state index contributed by atoms with van der Waals surface area (Å²) in [5.74, 6) is -2.07. The van der Waals surface area contributed by atoms with Crippen molar-refractivity contribution in [1.82, 2.24) is 34.7 Å². The van der Waals surface area contributed by atoms with Crippen molar-refractivity contribution in [3.63, 3.8) is 0 Å². The van der Waals surface area contributed by atoms with Crippen molar-refractivity contribution in [2.75, 3.05) is 46.2 Å². The zero-order valence-corrected chi connectivity index (χ0v) is 25.3. The van der Waals surface area contributed by atoms with Crippen LogP contribution in [0.15, 0.2) is 60.9 Å². The van der Waals surface area contributed by atoms with Crippen LogP contribution in [0.1, 0.15) is 17.0 Å². The lowest BCUT2D eigenvalue weighted by Gasteiger charge is -2.28. The van der Waals surface area contributed by atoms with Crippen molar-refractivity contribution in [1.29, 1.82) is 0 Å². The molecule has 2 aromatic heterocycles. The average molecular weight is 607 g/mol. The quantitative estimate of drug-likeness (QED) is 0.302. The lowest BCUT2D eigenvalue weighted by atomic mass is 9.94. The van der Waals surface area contributed by atoms with Crippen molar-refractivity contribution >= 4 is 17.8 Å². The van der Waals surface area contributed by atoms with E-state index in [4.69, 9.17) is 9.84 Å². The first kappa shape index (κ1) is 30.8. The number of aromatic nitrogens is 4. The summed E-state index contributed by atoms with van der Waals surface area (Å²) in [6.07, 6.45) is 3.55. The summed E-state index contributed by atoms with van der Waals surface area (Å²) in [7, 11) is 6.65. The minimum Gasteiger partial charge on any atom is -0.383 e. The molecule has 3 heterocycles. The number of anilines is 1. The molecule has 1 aliphatic heterocycles. The molecule has 0 aliphatic carbocycles. The Bertz CT molecular complexity index is 1640. The van der Waals surface area contributed by atoms with E-state index < -0.39 is 35.7 Å². The van der Waals surface area contributed by atoms with Gasteiger partial charge < -0.3 is 15.0 Å². The second kappa shape index (κ2) is 12.9. The monoisotopic (exact) mass is 606 g/mol. The predicted octanol–water partition coefficient (Wildman–Crippen LogP) is 3.55. The number of para-hydroxylation sites is 1. The number of nitrogens with zero attached hydrogens (tertiary/aromatic N) is 6. The Morgan fingerprint density at radius 1 is 1.11 bits per heavy atom. The van der Waals surface area contributed by atoms with Crippen molar-refractivity contribution < 1.29 is 23.1 Å². The first-order valence-electron chi connectivity index (χ1n) is 14.2. The Morgan fingerprint density at radius 2 is 1.86 bits per heavy atom. The number of halogens is 2. The summed E-state index contributed by atoms with van der Waals surface area (Å²) in [6.45, 7) is 2.60. The second-order valence-electron chi connectivity index (χ2n) is 11.1. The van der Waals surface area contributed by atoms with Gasteiger partial charge in [0, 0.05) is 64.6 Å². The van der Waals surface area contributed by atoms with E-state index in [0.29, 0.717) is 23.6 Å². The minimum atomic E-state index is -0.979. The van der Waals surface area contributed by atoms with Gasteiger partial charge in [-0.3, -0.25) is 19.7 Å². The van der Waals surface area contributed by atoms with Gasteiger partial charge in [0.2, 0.25) is 5.91 Å². The molecule has 11 nitrogen and oxygen atoms in total. The highest BCUT2D eigenvalue weighted by Crippen LogP contribution is 2.32. The molecule has 3 amide bonds. The smallest absolute Gasteiger partial charge is 0.320 e. The number of nitrogens with one attached hydrogen (secondary N) is 2. The van der Waals surface area contributed by atoms with Gasteiger partial charge in [0.15, 0.2) is 11.6 Å². The van der Waals surface area contributed by atoms with Crippen LogP contribution in [0.5, 0.6) is 0 Å². The number of benzene rings is 2. The fourth-order valence-corrected chi connectivity index (χ4v) is 5.63. The van der Waals surface area contributed by atoms with Gasteiger partial charge in [-0.05, 0) is 36.8 Å². The maximum atomic E-state index is 14.3. The Labute approximate surface area is 254 Å². The first-order valence-corrected chi connectivity index (χ1v) is 14.2. The lowest BCUT2D eigenvalue weighted by molar-refractivity contribution is -0.136. The van der Waals surface area contributed by atoms with Crippen LogP contribution in [0.3, 0.4) is 0 Å². The first-order chi connectivity index (χ1) is 21.1. The Kier molecular flexibility index (Phi) is 9.06. The van der Waals surface area contributed by atoms with Gasteiger partial charge in [0.25, 0.3) is 0 Å². The molecule has 1 unspecified atom stereocenters. The number of hydrogen-bond donors (Lipinski definition) is 2. The maximum Gasteiger partial charge on any atom is 0.320 e. The summed E-state index contributed by atoms with van der Waals surface area (Å²) in [5, 5.41) is 15.1. The predicted molar refractivity (Wildman–Crippen MR) is 161 cm³/mol. The number of amides is 3. The second-order valence-corrected chi connectivity index (χ2v) is 11.1. The zero-order chi connectivity index (χ0) is 31.5. The molecule has 2 N–H and O–H groups in total. The number of carbonyl (C=O) groups is 2. The van der Waals surface area contributed by atoms with Gasteiger partial charge in [0.05, 0.1) is 24.5 Å². The number of likely N-dealkylation sites (N-methyl/N-ethyl adjacent to an activating group) is 1. The number of methoxy groups -OCH3 is 1. The fourth-order valence-electron chi connectivity index (χ4n) is 5.63. The molecule has 1 fully saturated rings. The summed E-state index contributed by atoms with van der Waals surface area (Å²) < 4.78 is 36.9. The van der Waals surface area contributed by atoms with Crippen molar-refractivity contribution in [2.45, 2.75) is 24.9 Å². The molecule has 13 heteroatoms. The van der Waals surface area contributed by atoms with Crippen molar-refractivity contribution in [3.8, 4) is 16.9 Å². The summed E-state index contributed by atoms with van der Waals surface area (Å²) in [5.41, 5.74) is 3.45. The molecule has 232 valence electrons. The van der Waals surface area contributed by atoms with E-state index in [1.807, 2.05) is 55.4 Å². The molecule has 2 aromatic carbocycles. The average Bonchev–Trinajstić information content (AvgIpc) is 3.70. The molecule has 1 saturated heterocycles. The number of rotatable bonds is 9. The van der Waals surface area contributed by atoms with E-state index in [0.717, 1.165) is 28.9 Å². The van der Waals surface area contributed by atoms with Gasteiger partial charge in [-0.2, -0.15) is 10.2 Å². The number of aryl methyl sites for hydroxylation is 1. The third-order valence-corrected chi connectivity index (χ3v) is 7.86. The largest absolute Gasteiger partial charge is 0.383 e. The molecule has 0 spiro atoms. The third kappa shape index (κ3) is 6.33.